The van der Waals surface area contributed by atoms with Gasteiger partial charge in [0, 0.05) is 6.54 Å². The zero-order valence-corrected chi connectivity index (χ0v) is 12.9. The molecule has 0 aliphatic rings. The lowest BCUT2D eigenvalue weighted by molar-refractivity contribution is 0.0790. The quantitative estimate of drug-likeness (QED) is 0.758. The summed E-state index contributed by atoms with van der Waals surface area (Å²) in [7, 11) is 0. The third kappa shape index (κ3) is 3.50. The number of hydrogen-bond donors (Lipinski definition) is 2. The summed E-state index contributed by atoms with van der Waals surface area (Å²) in [6.07, 6.45) is 0. The lowest BCUT2D eigenvalue weighted by Gasteiger charge is -2.16. The van der Waals surface area contributed by atoms with E-state index >= 15 is 0 Å². The highest BCUT2D eigenvalue weighted by molar-refractivity contribution is 7.21. The second-order valence-corrected chi connectivity index (χ2v) is 6.70. The van der Waals surface area contributed by atoms with Crippen molar-refractivity contribution in [1.82, 2.24) is 10.3 Å². The van der Waals surface area contributed by atoms with Crippen LogP contribution in [-0.2, 0) is 6.54 Å². The molecular weight excluding hydrogens is 284 g/mol. The number of nitrogens with zero attached hydrogens (tertiary/aromatic N) is 1. The van der Waals surface area contributed by atoms with Crippen molar-refractivity contribution < 1.29 is 9.52 Å². The van der Waals surface area contributed by atoms with Gasteiger partial charge in [-0.05, 0) is 38.1 Å². The number of furan rings is 1. The van der Waals surface area contributed by atoms with Gasteiger partial charge in [0.25, 0.3) is 0 Å². The number of benzene rings is 1. The fraction of sp³-hybridized carbons (Fsp3) is 0.312. The molecule has 0 saturated carbocycles. The fourth-order valence-electron chi connectivity index (χ4n) is 2.06. The Morgan fingerprint density at radius 2 is 2.05 bits per heavy atom. The smallest absolute Gasteiger partial charge is 0.163 e. The van der Waals surface area contributed by atoms with Crippen molar-refractivity contribution in [2.75, 3.05) is 6.54 Å². The highest BCUT2D eigenvalue weighted by Gasteiger charge is 2.13. The lowest BCUT2D eigenvalue weighted by Crippen LogP contribution is -2.34. The van der Waals surface area contributed by atoms with Crippen molar-refractivity contribution in [2.24, 2.45) is 0 Å². The van der Waals surface area contributed by atoms with Gasteiger partial charge < -0.3 is 14.8 Å². The number of para-hydroxylation sites is 1. The van der Waals surface area contributed by atoms with Gasteiger partial charge in [-0.1, -0.05) is 12.1 Å². The van der Waals surface area contributed by atoms with E-state index in [0.717, 1.165) is 26.7 Å². The summed E-state index contributed by atoms with van der Waals surface area (Å²) >= 11 is 1.63. The zero-order chi connectivity index (χ0) is 14.9. The lowest BCUT2D eigenvalue weighted by atomic mass is 10.1. The van der Waals surface area contributed by atoms with Crippen molar-refractivity contribution in [2.45, 2.75) is 26.0 Å². The number of aliphatic hydroxyl groups is 1. The number of hydrogen-bond acceptors (Lipinski definition) is 5. The van der Waals surface area contributed by atoms with E-state index in [1.165, 1.54) is 0 Å². The summed E-state index contributed by atoms with van der Waals surface area (Å²) in [6.45, 7) is 4.66. The molecule has 0 amide bonds. The minimum Gasteiger partial charge on any atom is -0.457 e. The molecule has 0 aliphatic carbocycles. The molecule has 0 spiro atoms. The van der Waals surface area contributed by atoms with Crippen LogP contribution >= 0.6 is 11.3 Å². The molecule has 0 unspecified atom stereocenters. The van der Waals surface area contributed by atoms with E-state index in [9.17, 15) is 5.11 Å². The van der Waals surface area contributed by atoms with Gasteiger partial charge in [0.15, 0.2) is 10.8 Å². The molecule has 0 bridgehead atoms. The molecular formula is C16H18N2O2S. The maximum atomic E-state index is 9.66. The Bertz CT molecular complexity index is 707. The van der Waals surface area contributed by atoms with Crippen molar-refractivity contribution >= 4 is 21.6 Å². The first-order valence-electron chi connectivity index (χ1n) is 6.89. The summed E-state index contributed by atoms with van der Waals surface area (Å²) in [5.74, 6) is 1.63. The highest BCUT2D eigenvalue weighted by Crippen LogP contribution is 2.31. The molecule has 110 valence electrons. The molecule has 0 atom stereocenters. The number of thiazole rings is 1. The number of aromatic nitrogens is 1. The van der Waals surface area contributed by atoms with E-state index in [1.807, 2.05) is 30.3 Å². The molecule has 5 heteroatoms. The Kier molecular flexibility index (Phi) is 3.80. The minimum absolute atomic E-state index is 0.518. The highest BCUT2D eigenvalue weighted by atomic mass is 32.1. The average molecular weight is 302 g/mol. The first-order valence-corrected chi connectivity index (χ1v) is 7.71. The predicted octanol–water partition coefficient (Wildman–Crippen LogP) is 3.42. The van der Waals surface area contributed by atoms with Gasteiger partial charge in [-0.15, -0.1) is 11.3 Å². The Morgan fingerprint density at radius 1 is 1.24 bits per heavy atom. The Morgan fingerprint density at radius 3 is 2.81 bits per heavy atom. The Hall–Kier alpha value is -1.69. The van der Waals surface area contributed by atoms with Crippen LogP contribution in [0.3, 0.4) is 0 Å². The molecule has 3 aromatic rings. The third-order valence-corrected chi connectivity index (χ3v) is 4.07. The van der Waals surface area contributed by atoms with Crippen LogP contribution in [0.15, 0.2) is 40.8 Å². The van der Waals surface area contributed by atoms with E-state index in [1.54, 1.807) is 25.2 Å². The minimum atomic E-state index is -0.720. The van der Waals surface area contributed by atoms with Crippen LogP contribution in [0.25, 0.3) is 21.0 Å². The molecule has 1 aromatic carbocycles. The molecule has 2 aromatic heterocycles. The largest absolute Gasteiger partial charge is 0.457 e. The van der Waals surface area contributed by atoms with Gasteiger partial charge in [0.05, 0.1) is 22.4 Å². The first kappa shape index (κ1) is 14.3. The van der Waals surface area contributed by atoms with Crippen LogP contribution in [0.4, 0.5) is 0 Å². The topological polar surface area (TPSA) is 58.3 Å². The summed E-state index contributed by atoms with van der Waals surface area (Å²) in [5.41, 5.74) is 0.276. The first-order chi connectivity index (χ1) is 10.0. The molecule has 2 N–H and O–H groups in total. The monoisotopic (exact) mass is 302 g/mol. The molecule has 0 saturated heterocycles. The maximum Gasteiger partial charge on any atom is 0.163 e. The average Bonchev–Trinajstić information content (AvgIpc) is 3.02. The molecule has 21 heavy (non-hydrogen) atoms. The van der Waals surface area contributed by atoms with Crippen LogP contribution in [0.1, 0.15) is 19.6 Å². The summed E-state index contributed by atoms with van der Waals surface area (Å²) in [4.78, 5) is 4.58. The predicted molar refractivity (Wildman–Crippen MR) is 85.3 cm³/mol. The Balaban J connectivity index is 1.72. The van der Waals surface area contributed by atoms with E-state index in [4.69, 9.17) is 4.42 Å². The van der Waals surface area contributed by atoms with Gasteiger partial charge in [0.1, 0.15) is 5.76 Å². The third-order valence-electron chi connectivity index (χ3n) is 3.02. The Labute approximate surface area is 127 Å². The van der Waals surface area contributed by atoms with Gasteiger partial charge in [0.2, 0.25) is 0 Å². The standard InChI is InChI=1S/C16H18N2O2S/c1-16(2,19)10-17-9-11-7-8-13(20-11)15-18-12-5-3-4-6-14(12)21-15/h3-8,17,19H,9-10H2,1-2H3. The van der Waals surface area contributed by atoms with Gasteiger partial charge in [-0.25, -0.2) is 4.98 Å². The molecule has 3 rings (SSSR count). The van der Waals surface area contributed by atoms with Crippen LogP contribution in [0.5, 0.6) is 0 Å². The molecule has 0 aliphatic heterocycles. The van der Waals surface area contributed by atoms with Gasteiger partial charge in [-0.2, -0.15) is 0 Å². The SMILES string of the molecule is CC(C)(O)CNCc1ccc(-c2nc3ccccc3s2)o1. The second-order valence-electron chi connectivity index (χ2n) is 5.67. The number of rotatable bonds is 5. The molecule has 4 nitrogen and oxygen atoms in total. The van der Waals surface area contributed by atoms with E-state index in [2.05, 4.69) is 16.4 Å². The van der Waals surface area contributed by atoms with Crippen LogP contribution in [0.2, 0.25) is 0 Å². The van der Waals surface area contributed by atoms with E-state index < -0.39 is 5.60 Å². The molecule has 0 fully saturated rings. The summed E-state index contributed by atoms with van der Waals surface area (Å²) in [5, 5.41) is 13.7. The molecule has 2 heterocycles. The van der Waals surface area contributed by atoms with Crippen molar-refractivity contribution in [3.63, 3.8) is 0 Å². The second kappa shape index (κ2) is 5.60. The summed E-state index contributed by atoms with van der Waals surface area (Å²) < 4.78 is 6.98. The van der Waals surface area contributed by atoms with Crippen molar-refractivity contribution in [3.05, 3.63) is 42.2 Å². The van der Waals surface area contributed by atoms with E-state index in [0.29, 0.717) is 13.1 Å². The van der Waals surface area contributed by atoms with Gasteiger partial charge >= 0.3 is 0 Å². The van der Waals surface area contributed by atoms with Crippen LogP contribution in [-0.4, -0.2) is 22.2 Å². The van der Waals surface area contributed by atoms with E-state index in [-0.39, 0.29) is 0 Å². The van der Waals surface area contributed by atoms with Crippen molar-refractivity contribution in [3.8, 4) is 10.8 Å². The maximum absolute atomic E-state index is 9.66. The zero-order valence-electron chi connectivity index (χ0n) is 12.1. The van der Waals surface area contributed by atoms with Gasteiger partial charge in [-0.3, -0.25) is 0 Å². The van der Waals surface area contributed by atoms with Crippen LogP contribution in [0, 0.1) is 0 Å². The van der Waals surface area contributed by atoms with Crippen molar-refractivity contribution in [1.29, 1.82) is 0 Å². The number of nitrogens with one attached hydrogen (secondary N) is 1. The summed E-state index contributed by atoms with van der Waals surface area (Å²) in [6, 6.07) is 11.9. The number of fused-ring (bicyclic) bond motifs is 1. The van der Waals surface area contributed by atoms with Crippen LogP contribution < -0.4 is 5.32 Å². The normalized spacial score (nSPS) is 12.1. The molecule has 0 radical (unpaired) electrons. The fourth-order valence-corrected chi connectivity index (χ4v) is 2.98.